The molecule has 1 rings (SSSR count). The summed E-state index contributed by atoms with van der Waals surface area (Å²) in [7, 11) is 3.54. The average Bonchev–Trinajstić information content (AvgIpc) is 2.49. The fourth-order valence-corrected chi connectivity index (χ4v) is 1.59. The van der Waals surface area contributed by atoms with Gasteiger partial charge in [-0.1, -0.05) is 0 Å². The Balaban J connectivity index is 2.55. The summed E-state index contributed by atoms with van der Waals surface area (Å²) in [4.78, 5) is 15.0. The third-order valence-corrected chi connectivity index (χ3v) is 2.28. The van der Waals surface area contributed by atoms with Gasteiger partial charge in [-0.05, 0) is 12.8 Å². The maximum atomic E-state index is 11.5. The molecule has 0 spiro atoms. The van der Waals surface area contributed by atoms with E-state index in [1.807, 2.05) is 4.90 Å². The van der Waals surface area contributed by atoms with Crippen molar-refractivity contribution in [2.45, 2.75) is 18.9 Å². The van der Waals surface area contributed by atoms with Crippen LogP contribution >= 0.6 is 0 Å². The summed E-state index contributed by atoms with van der Waals surface area (Å²) in [5.41, 5.74) is 5.55. The highest BCUT2D eigenvalue weighted by molar-refractivity contribution is 5.74. The van der Waals surface area contributed by atoms with E-state index in [0.29, 0.717) is 6.54 Å². The molecule has 0 bridgehead atoms. The quantitative estimate of drug-likeness (QED) is 0.608. The number of hydrogen-bond acceptors (Lipinski definition) is 2. The molecule has 0 saturated carbocycles. The van der Waals surface area contributed by atoms with Gasteiger partial charge in [0.25, 0.3) is 0 Å². The minimum Gasteiger partial charge on any atom is -0.331 e. The van der Waals surface area contributed by atoms with Crippen molar-refractivity contribution < 1.29 is 4.79 Å². The summed E-state index contributed by atoms with van der Waals surface area (Å²) >= 11 is 0. The largest absolute Gasteiger partial charge is 0.331 e. The Labute approximate surface area is 73.3 Å². The summed E-state index contributed by atoms with van der Waals surface area (Å²) < 4.78 is 0. The molecule has 0 aliphatic carbocycles. The topological polar surface area (TPSA) is 49.6 Å². The molecular weight excluding hydrogens is 154 g/mol. The molecule has 0 radical (unpaired) electrons. The van der Waals surface area contributed by atoms with E-state index < -0.39 is 0 Å². The van der Waals surface area contributed by atoms with Crippen LogP contribution in [0, 0.1) is 0 Å². The number of nitrogens with two attached hydrogens (primary N) is 1. The molecule has 0 aromatic carbocycles. The van der Waals surface area contributed by atoms with Crippen molar-refractivity contribution in [2.75, 3.05) is 27.2 Å². The SMILES string of the molecule is CN(C)C(=O)N1CCCC1CN. The van der Waals surface area contributed by atoms with Crippen LogP contribution in [0.3, 0.4) is 0 Å². The molecule has 4 nitrogen and oxygen atoms in total. The van der Waals surface area contributed by atoms with Gasteiger partial charge < -0.3 is 15.5 Å². The van der Waals surface area contributed by atoms with Crippen LogP contribution in [0.2, 0.25) is 0 Å². The molecule has 1 atom stereocenters. The van der Waals surface area contributed by atoms with Crippen molar-refractivity contribution in [3.05, 3.63) is 0 Å². The van der Waals surface area contributed by atoms with Crippen LogP contribution in [0.5, 0.6) is 0 Å². The third kappa shape index (κ3) is 1.69. The molecule has 1 aliphatic rings. The summed E-state index contributed by atoms with van der Waals surface area (Å²) in [6.07, 6.45) is 2.14. The van der Waals surface area contributed by atoms with Gasteiger partial charge in [-0.25, -0.2) is 4.79 Å². The van der Waals surface area contributed by atoms with Gasteiger partial charge in [0.2, 0.25) is 0 Å². The fraction of sp³-hybridized carbons (Fsp3) is 0.875. The van der Waals surface area contributed by atoms with Gasteiger partial charge in [-0.2, -0.15) is 0 Å². The van der Waals surface area contributed by atoms with Crippen molar-refractivity contribution in [1.29, 1.82) is 0 Å². The number of carbonyl (C=O) groups excluding carboxylic acids is 1. The molecule has 1 unspecified atom stereocenters. The Morgan fingerprint density at radius 3 is 2.83 bits per heavy atom. The molecule has 1 heterocycles. The van der Waals surface area contributed by atoms with Crippen LogP contribution in [0.4, 0.5) is 4.79 Å². The zero-order valence-electron chi connectivity index (χ0n) is 7.79. The van der Waals surface area contributed by atoms with E-state index in [1.165, 1.54) is 0 Å². The van der Waals surface area contributed by atoms with Crippen LogP contribution in [0.15, 0.2) is 0 Å². The zero-order valence-corrected chi connectivity index (χ0v) is 7.79. The lowest BCUT2D eigenvalue weighted by atomic mass is 10.2. The highest BCUT2D eigenvalue weighted by Crippen LogP contribution is 2.16. The first-order valence-electron chi connectivity index (χ1n) is 4.34. The number of nitrogens with zero attached hydrogens (tertiary/aromatic N) is 2. The molecule has 1 aliphatic heterocycles. The van der Waals surface area contributed by atoms with E-state index in [0.717, 1.165) is 19.4 Å². The van der Waals surface area contributed by atoms with E-state index in [-0.39, 0.29) is 12.1 Å². The number of carbonyl (C=O) groups is 1. The van der Waals surface area contributed by atoms with Crippen molar-refractivity contribution in [2.24, 2.45) is 5.73 Å². The lowest BCUT2D eigenvalue weighted by molar-refractivity contribution is 0.167. The molecule has 70 valence electrons. The predicted octanol–water partition coefficient (Wildman–Crippen LogP) is 0.0911. The number of amides is 2. The monoisotopic (exact) mass is 171 g/mol. The second-order valence-corrected chi connectivity index (χ2v) is 3.40. The maximum Gasteiger partial charge on any atom is 0.319 e. The smallest absolute Gasteiger partial charge is 0.319 e. The van der Waals surface area contributed by atoms with Gasteiger partial charge in [0.05, 0.1) is 0 Å². The number of urea groups is 1. The lowest BCUT2D eigenvalue weighted by Gasteiger charge is -2.26. The molecule has 12 heavy (non-hydrogen) atoms. The lowest BCUT2D eigenvalue weighted by Crippen LogP contribution is -2.44. The van der Waals surface area contributed by atoms with Gasteiger partial charge in [0, 0.05) is 33.2 Å². The van der Waals surface area contributed by atoms with E-state index in [9.17, 15) is 4.79 Å². The van der Waals surface area contributed by atoms with Crippen LogP contribution in [0.1, 0.15) is 12.8 Å². The molecular formula is C8H17N3O. The predicted molar refractivity (Wildman–Crippen MR) is 47.9 cm³/mol. The van der Waals surface area contributed by atoms with E-state index >= 15 is 0 Å². The highest BCUT2D eigenvalue weighted by atomic mass is 16.2. The zero-order chi connectivity index (χ0) is 9.14. The van der Waals surface area contributed by atoms with Crippen molar-refractivity contribution in [3.63, 3.8) is 0 Å². The summed E-state index contributed by atoms with van der Waals surface area (Å²) in [5, 5.41) is 0. The summed E-state index contributed by atoms with van der Waals surface area (Å²) in [6.45, 7) is 1.44. The van der Waals surface area contributed by atoms with E-state index in [1.54, 1.807) is 19.0 Å². The summed E-state index contributed by atoms with van der Waals surface area (Å²) in [6, 6.07) is 0.350. The number of rotatable bonds is 1. The number of hydrogen-bond donors (Lipinski definition) is 1. The summed E-state index contributed by atoms with van der Waals surface area (Å²) in [5.74, 6) is 0. The molecule has 1 fully saturated rings. The molecule has 4 heteroatoms. The maximum absolute atomic E-state index is 11.5. The van der Waals surface area contributed by atoms with E-state index in [2.05, 4.69) is 0 Å². The molecule has 2 amide bonds. The Morgan fingerprint density at radius 1 is 1.67 bits per heavy atom. The van der Waals surface area contributed by atoms with Gasteiger partial charge in [0.15, 0.2) is 0 Å². The Kier molecular flexibility index (Phi) is 2.92. The molecule has 0 aromatic heterocycles. The van der Waals surface area contributed by atoms with Crippen LogP contribution in [-0.4, -0.2) is 49.1 Å². The van der Waals surface area contributed by atoms with Gasteiger partial charge in [-0.15, -0.1) is 0 Å². The van der Waals surface area contributed by atoms with Gasteiger partial charge in [0.1, 0.15) is 0 Å². The van der Waals surface area contributed by atoms with Crippen molar-refractivity contribution in [3.8, 4) is 0 Å². The highest BCUT2D eigenvalue weighted by Gasteiger charge is 2.28. The fourth-order valence-electron chi connectivity index (χ4n) is 1.59. The Hall–Kier alpha value is -0.770. The molecule has 2 N–H and O–H groups in total. The second kappa shape index (κ2) is 3.76. The number of likely N-dealkylation sites (tertiary alicyclic amines) is 1. The van der Waals surface area contributed by atoms with E-state index in [4.69, 9.17) is 5.73 Å². The first-order valence-corrected chi connectivity index (χ1v) is 4.34. The first kappa shape index (κ1) is 9.32. The van der Waals surface area contributed by atoms with Crippen molar-refractivity contribution in [1.82, 2.24) is 9.80 Å². The first-order chi connectivity index (χ1) is 5.66. The minimum absolute atomic E-state index is 0.0861. The van der Waals surface area contributed by atoms with Crippen LogP contribution in [-0.2, 0) is 0 Å². The molecule has 0 aromatic rings. The second-order valence-electron chi connectivity index (χ2n) is 3.40. The van der Waals surface area contributed by atoms with Gasteiger partial charge >= 0.3 is 6.03 Å². The van der Waals surface area contributed by atoms with Gasteiger partial charge in [-0.3, -0.25) is 0 Å². The third-order valence-electron chi connectivity index (χ3n) is 2.28. The Morgan fingerprint density at radius 2 is 2.33 bits per heavy atom. The van der Waals surface area contributed by atoms with Crippen molar-refractivity contribution >= 4 is 6.03 Å². The van der Waals surface area contributed by atoms with Crippen LogP contribution < -0.4 is 5.73 Å². The minimum atomic E-state index is 0.0861. The average molecular weight is 171 g/mol. The normalized spacial score (nSPS) is 22.9. The van der Waals surface area contributed by atoms with Crippen LogP contribution in [0.25, 0.3) is 0 Å². The molecule has 1 saturated heterocycles. The standard InChI is InChI=1S/C8H17N3O/c1-10(2)8(12)11-5-3-4-7(11)6-9/h7H,3-6,9H2,1-2H3. The Bertz CT molecular complexity index is 170.